The molecule has 494 valence electrons. The Morgan fingerprint density at radius 1 is 0.459 bits per heavy atom. The summed E-state index contributed by atoms with van der Waals surface area (Å²) in [5, 5.41) is 10.8. The molecule has 1 saturated heterocycles. The van der Waals surface area contributed by atoms with Gasteiger partial charge in [0.05, 0.1) is 91.7 Å². The molecular weight excluding hydrogens is 1110 g/mol. The normalized spacial score (nSPS) is 16.0. The van der Waals surface area contributed by atoms with E-state index in [-0.39, 0.29) is 103 Å². The van der Waals surface area contributed by atoms with Crippen molar-refractivity contribution in [2.45, 2.75) is 163 Å². The molecule has 27 nitrogen and oxygen atoms in total. The number of hydrogen-bond acceptors (Lipinski definition) is 22. The average Bonchev–Trinajstić information content (AvgIpc) is 3.36. The number of primary amides is 1. The lowest BCUT2D eigenvalue weighted by atomic mass is 10.0. The molecule has 1 aliphatic heterocycles. The number of nitrogens with one attached hydrogen (secondary N) is 4. The second-order valence-electron chi connectivity index (χ2n) is 25.2. The molecule has 0 saturated carbocycles. The maximum Gasteiger partial charge on any atom is 0.323 e. The lowest BCUT2D eigenvalue weighted by Crippen LogP contribution is -2.53. The van der Waals surface area contributed by atoms with Crippen LogP contribution in [-0.2, 0) is 76.2 Å². The van der Waals surface area contributed by atoms with E-state index in [9.17, 15) is 38.4 Å². The van der Waals surface area contributed by atoms with Crippen LogP contribution in [0.25, 0.3) is 0 Å². The lowest BCUT2D eigenvalue weighted by Gasteiger charge is -2.37. The first kappa shape index (κ1) is 78.2. The summed E-state index contributed by atoms with van der Waals surface area (Å²) < 4.78 is 51.0. The Kier molecular flexibility index (Phi) is 38.0. The zero-order valence-corrected chi connectivity index (χ0v) is 54.0. The molecule has 0 bridgehead atoms. The van der Waals surface area contributed by atoms with E-state index in [1.807, 2.05) is 33.4 Å². The third-order valence-electron chi connectivity index (χ3n) is 12.2. The number of ether oxygens (including phenoxy) is 9. The average molecular weight is 1220 g/mol. The van der Waals surface area contributed by atoms with E-state index in [4.69, 9.17) is 54.1 Å². The van der Waals surface area contributed by atoms with Crippen LogP contribution in [0.15, 0.2) is 0 Å². The van der Waals surface area contributed by atoms with E-state index < -0.39 is 82.3 Å². The van der Waals surface area contributed by atoms with Crippen molar-refractivity contribution < 1.29 is 81.0 Å². The van der Waals surface area contributed by atoms with Crippen LogP contribution in [0.4, 0.5) is 4.79 Å². The van der Waals surface area contributed by atoms with Crippen LogP contribution < -0.4 is 32.7 Å². The van der Waals surface area contributed by atoms with E-state index in [1.54, 1.807) is 83.1 Å². The van der Waals surface area contributed by atoms with E-state index in [0.717, 1.165) is 0 Å². The fourth-order valence-electron chi connectivity index (χ4n) is 8.15. The zero-order chi connectivity index (χ0) is 64.2. The highest BCUT2D eigenvalue weighted by molar-refractivity contribution is 5.89. The zero-order valence-electron chi connectivity index (χ0n) is 54.0. The monoisotopic (exact) mass is 1220 g/mol. The Labute approximate surface area is 506 Å². The van der Waals surface area contributed by atoms with Gasteiger partial charge in [0.1, 0.15) is 34.5 Å². The van der Waals surface area contributed by atoms with Crippen molar-refractivity contribution in [2.24, 2.45) is 17.4 Å². The number of carbonyl (C=O) groups excluding carboxylic acids is 8. The van der Waals surface area contributed by atoms with Gasteiger partial charge in [0.15, 0.2) is 0 Å². The Balaban J connectivity index is 2.72. The summed E-state index contributed by atoms with van der Waals surface area (Å²) in [7, 11) is 0. The van der Waals surface area contributed by atoms with E-state index in [0.29, 0.717) is 91.9 Å². The maximum absolute atomic E-state index is 14.2. The van der Waals surface area contributed by atoms with Crippen LogP contribution >= 0.6 is 0 Å². The van der Waals surface area contributed by atoms with Crippen LogP contribution in [0.2, 0.25) is 0 Å². The van der Waals surface area contributed by atoms with Crippen LogP contribution in [0.5, 0.6) is 0 Å². The molecule has 1 fully saturated rings. The smallest absolute Gasteiger partial charge is 0.323 e. The van der Waals surface area contributed by atoms with Crippen molar-refractivity contribution in [1.29, 1.82) is 0 Å². The quantitative estimate of drug-likeness (QED) is 0.0287. The largest absolute Gasteiger partial charge is 0.459 e. The maximum atomic E-state index is 14.2. The van der Waals surface area contributed by atoms with Crippen molar-refractivity contribution in [3.05, 3.63) is 0 Å². The number of nitrogens with zero attached hydrogens (tertiary/aromatic N) is 4. The molecule has 0 radical (unpaired) electrons. The molecule has 5 amide bonds. The molecule has 0 spiro atoms. The Bertz CT molecular complexity index is 1930. The fourth-order valence-corrected chi connectivity index (χ4v) is 8.15. The summed E-state index contributed by atoms with van der Waals surface area (Å²) in [6.07, 6.45) is 0.795. The van der Waals surface area contributed by atoms with Gasteiger partial charge in [-0.1, -0.05) is 13.8 Å². The molecule has 27 heteroatoms. The highest BCUT2D eigenvalue weighted by Crippen LogP contribution is 2.18. The molecule has 3 atom stereocenters. The first-order chi connectivity index (χ1) is 39.6. The number of nitrogens with two attached hydrogens (primary N) is 2. The van der Waals surface area contributed by atoms with Gasteiger partial charge in [0.2, 0.25) is 17.7 Å². The standard InChI is InChI=1S/C58H110N10O17/c1-43(2)50(59)52(74)64-44(16-15-19-63-54(60)76)51(73)62-21-31-78-33-35-80-37-39-81-38-36-79-34-32-77-30-20-61-46(69)18-17-45(53(75)85-58(12,13)14)68-28-26-66(41-48(71)83-56(6,7)8)24-22-65(40-47(70)82-55(3,4)5)23-25-67(27-29-68)42-49(72)84-57(9,10)11/h43-45,50H,15-42,59H2,1-14H3,(H,61,69)(H,62,73)(H,64,74)(H3,60,63,76)/t44-,45?,50-/m1/s1. The van der Waals surface area contributed by atoms with Crippen molar-refractivity contribution in [1.82, 2.24) is 40.9 Å². The van der Waals surface area contributed by atoms with Crippen LogP contribution in [-0.4, -0.2) is 265 Å². The van der Waals surface area contributed by atoms with Gasteiger partial charge in [-0.05, 0) is 108 Å². The molecular formula is C58H110N10O17. The molecule has 1 unspecified atom stereocenters. The van der Waals surface area contributed by atoms with Crippen LogP contribution in [0, 0.1) is 5.92 Å². The lowest BCUT2D eigenvalue weighted by molar-refractivity contribution is -0.163. The van der Waals surface area contributed by atoms with Gasteiger partial charge in [-0.3, -0.25) is 53.2 Å². The molecule has 0 aromatic carbocycles. The van der Waals surface area contributed by atoms with Crippen molar-refractivity contribution in [2.75, 3.05) is 158 Å². The van der Waals surface area contributed by atoms with Gasteiger partial charge in [-0.15, -0.1) is 0 Å². The number of amides is 5. The summed E-state index contributed by atoms with van der Waals surface area (Å²) >= 11 is 0. The summed E-state index contributed by atoms with van der Waals surface area (Å²) in [5.74, 6) is -2.99. The molecule has 1 heterocycles. The summed E-state index contributed by atoms with van der Waals surface area (Å²) in [5.41, 5.74) is 8.08. The summed E-state index contributed by atoms with van der Waals surface area (Å²) in [6.45, 7) is 31.4. The number of rotatable bonds is 37. The minimum atomic E-state index is -0.871. The van der Waals surface area contributed by atoms with Crippen molar-refractivity contribution in [3.8, 4) is 0 Å². The van der Waals surface area contributed by atoms with Gasteiger partial charge in [-0.25, -0.2) is 4.79 Å². The van der Waals surface area contributed by atoms with Crippen molar-refractivity contribution in [3.63, 3.8) is 0 Å². The topological polar surface area (TPSA) is 333 Å². The minimum Gasteiger partial charge on any atom is -0.459 e. The first-order valence-corrected chi connectivity index (χ1v) is 29.9. The second kappa shape index (κ2) is 41.3. The highest BCUT2D eigenvalue weighted by atomic mass is 16.6. The van der Waals surface area contributed by atoms with Crippen molar-refractivity contribution >= 4 is 47.6 Å². The van der Waals surface area contributed by atoms with Crippen LogP contribution in [0.3, 0.4) is 0 Å². The highest BCUT2D eigenvalue weighted by Gasteiger charge is 2.34. The van der Waals surface area contributed by atoms with Gasteiger partial charge < -0.3 is 75.4 Å². The molecule has 0 aromatic rings. The predicted octanol–water partition coefficient (Wildman–Crippen LogP) is 0.956. The molecule has 0 aromatic heterocycles. The fraction of sp³-hybridized carbons (Fsp3) is 0.862. The molecule has 1 rings (SSSR count). The third kappa shape index (κ3) is 42.6. The van der Waals surface area contributed by atoms with Gasteiger partial charge in [0.25, 0.3) is 0 Å². The Morgan fingerprint density at radius 3 is 1.19 bits per heavy atom. The third-order valence-corrected chi connectivity index (χ3v) is 12.2. The van der Waals surface area contributed by atoms with E-state index in [2.05, 4.69) is 21.3 Å². The van der Waals surface area contributed by atoms with Crippen LogP contribution in [0.1, 0.15) is 123 Å². The number of hydrogen-bond donors (Lipinski definition) is 6. The van der Waals surface area contributed by atoms with E-state index in [1.165, 1.54) is 0 Å². The minimum absolute atomic E-state index is 0.00521. The van der Waals surface area contributed by atoms with Gasteiger partial charge in [-0.2, -0.15) is 0 Å². The first-order valence-electron chi connectivity index (χ1n) is 29.9. The number of urea groups is 1. The molecule has 0 aliphatic carbocycles. The summed E-state index contributed by atoms with van der Waals surface area (Å²) in [4.78, 5) is 111. The predicted molar refractivity (Wildman–Crippen MR) is 319 cm³/mol. The van der Waals surface area contributed by atoms with Gasteiger partial charge >= 0.3 is 29.9 Å². The van der Waals surface area contributed by atoms with Gasteiger partial charge in [0, 0.05) is 78.4 Å². The SMILES string of the molecule is CC(C)[C@@H](N)C(=O)N[C@H](CCCNC(N)=O)C(=O)NCCOCCOCCOCCOCCOCCNC(=O)CCC(C(=O)OC(C)(C)C)N1CCN(CC(=O)OC(C)(C)C)CCN(CC(=O)OC(C)(C)C)CCN(CC(=O)OC(C)(C)C)CC1. The molecule has 1 aliphatic rings. The molecule has 8 N–H and O–H groups in total. The van der Waals surface area contributed by atoms with E-state index >= 15 is 0 Å². The Hall–Kier alpha value is -4.84. The molecule has 85 heavy (non-hydrogen) atoms. The second-order valence-corrected chi connectivity index (χ2v) is 25.2. The Morgan fingerprint density at radius 2 is 0.824 bits per heavy atom. The summed E-state index contributed by atoms with van der Waals surface area (Å²) in [6, 6.07) is -3.16. The number of carbonyl (C=O) groups is 8. The number of esters is 4.